The Bertz CT molecular complexity index is 536. The second kappa shape index (κ2) is 5.90. The van der Waals surface area contributed by atoms with Crippen molar-refractivity contribution in [3.8, 4) is 0 Å². The first-order chi connectivity index (χ1) is 9.81. The lowest BCUT2D eigenvalue weighted by molar-refractivity contribution is -0.121. The molecule has 1 N–H and O–H groups in total. The van der Waals surface area contributed by atoms with Crippen LogP contribution >= 0.6 is 0 Å². The van der Waals surface area contributed by atoms with Gasteiger partial charge in [-0.25, -0.2) is 0 Å². The summed E-state index contributed by atoms with van der Waals surface area (Å²) in [5.74, 6) is 1.15. The molecule has 0 spiro atoms. The molecule has 2 heterocycles. The van der Waals surface area contributed by atoms with E-state index in [1.165, 1.54) is 0 Å². The highest BCUT2D eigenvalue weighted by Gasteiger charge is 2.29. The van der Waals surface area contributed by atoms with Crippen LogP contribution in [0.4, 0.5) is 0 Å². The number of nitrogens with one attached hydrogen (secondary N) is 1. The molecule has 106 valence electrons. The smallest absolute Gasteiger partial charge is 0.227 e. The van der Waals surface area contributed by atoms with E-state index in [0.29, 0.717) is 18.1 Å². The molecule has 6 heteroatoms. The molecule has 20 heavy (non-hydrogen) atoms. The molecular formula is C14H18N4O2. The second-order valence-electron chi connectivity index (χ2n) is 5.25. The summed E-state index contributed by atoms with van der Waals surface area (Å²) in [6.45, 7) is 0.811. The van der Waals surface area contributed by atoms with E-state index in [1.54, 1.807) is 18.5 Å². The third-order valence-electron chi connectivity index (χ3n) is 3.81. The second-order valence-corrected chi connectivity index (χ2v) is 5.25. The number of hydrogen-bond donors (Lipinski definition) is 1. The van der Waals surface area contributed by atoms with Gasteiger partial charge in [0.1, 0.15) is 5.76 Å². The van der Waals surface area contributed by atoms with Gasteiger partial charge in [0, 0.05) is 18.8 Å². The molecule has 0 aromatic carbocycles. The van der Waals surface area contributed by atoms with Crippen LogP contribution in [-0.4, -0.2) is 26.9 Å². The highest BCUT2D eigenvalue weighted by atomic mass is 16.3. The Morgan fingerprint density at radius 1 is 1.50 bits per heavy atom. The minimum Gasteiger partial charge on any atom is -0.469 e. The maximum absolute atomic E-state index is 12.0. The van der Waals surface area contributed by atoms with Crippen LogP contribution in [0.3, 0.4) is 0 Å². The summed E-state index contributed by atoms with van der Waals surface area (Å²) < 4.78 is 7.03. The molecule has 1 aliphatic carbocycles. The third kappa shape index (κ3) is 3.07. The van der Waals surface area contributed by atoms with Crippen molar-refractivity contribution in [2.24, 2.45) is 5.92 Å². The zero-order valence-corrected chi connectivity index (χ0v) is 11.2. The Labute approximate surface area is 117 Å². The van der Waals surface area contributed by atoms with Crippen LogP contribution in [0, 0.1) is 5.92 Å². The topological polar surface area (TPSA) is 73.0 Å². The van der Waals surface area contributed by atoms with Gasteiger partial charge >= 0.3 is 0 Å². The summed E-state index contributed by atoms with van der Waals surface area (Å²) in [5, 5.41) is 10.9. The summed E-state index contributed by atoms with van der Waals surface area (Å²) in [6, 6.07) is 3.84. The van der Waals surface area contributed by atoms with Gasteiger partial charge in [-0.05, 0) is 30.9 Å². The maximum Gasteiger partial charge on any atom is 0.227 e. The first-order valence-electron chi connectivity index (χ1n) is 6.97. The monoisotopic (exact) mass is 274 g/mol. The quantitative estimate of drug-likeness (QED) is 0.894. The van der Waals surface area contributed by atoms with Crippen LogP contribution in [0.1, 0.15) is 25.0 Å². The molecule has 0 radical (unpaired) electrons. The third-order valence-corrected chi connectivity index (χ3v) is 3.81. The zero-order chi connectivity index (χ0) is 13.8. The van der Waals surface area contributed by atoms with Crippen LogP contribution in [0.15, 0.2) is 35.2 Å². The van der Waals surface area contributed by atoms with E-state index in [-0.39, 0.29) is 11.9 Å². The van der Waals surface area contributed by atoms with Gasteiger partial charge in [-0.3, -0.25) is 9.48 Å². The molecular weight excluding hydrogens is 256 g/mol. The fourth-order valence-corrected chi connectivity index (χ4v) is 2.84. The number of rotatable bonds is 5. The van der Waals surface area contributed by atoms with Crippen molar-refractivity contribution in [1.82, 2.24) is 20.3 Å². The van der Waals surface area contributed by atoms with E-state index in [0.717, 1.165) is 25.8 Å². The lowest BCUT2D eigenvalue weighted by Crippen LogP contribution is -2.39. The van der Waals surface area contributed by atoms with Gasteiger partial charge in [0.05, 0.1) is 18.9 Å². The van der Waals surface area contributed by atoms with Gasteiger partial charge in [-0.15, -0.1) is 5.10 Å². The summed E-state index contributed by atoms with van der Waals surface area (Å²) in [5.41, 5.74) is 0. The molecule has 2 aromatic rings. The molecule has 0 bridgehead atoms. The van der Waals surface area contributed by atoms with Crippen LogP contribution < -0.4 is 5.32 Å². The summed E-state index contributed by atoms with van der Waals surface area (Å²) in [6.07, 6.45) is 8.73. The average Bonchev–Trinajstić information content (AvgIpc) is 3.14. The molecule has 1 saturated carbocycles. The van der Waals surface area contributed by atoms with E-state index in [2.05, 4.69) is 15.6 Å². The van der Waals surface area contributed by atoms with Gasteiger partial charge < -0.3 is 9.73 Å². The normalized spacial score (nSPS) is 22.0. The molecule has 1 amide bonds. The molecule has 1 aliphatic rings. The summed E-state index contributed by atoms with van der Waals surface area (Å²) in [7, 11) is 0. The molecule has 2 atom stereocenters. The van der Waals surface area contributed by atoms with Crippen molar-refractivity contribution < 1.29 is 9.21 Å². The predicted octanol–water partition coefficient (Wildman–Crippen LogP) is 1.40. The summed E-state index contributed by atoms with van der Waals surface area (Å²) in [4.78, 5) is 12.0. The van der Waals surface area contributed by atoms with E-state index in [1.807, 2.05) is 16.9 Å². The Balaban J connectivity index is 1.54. The van der Waals surface area contributed by atoms with E-state index in [4.69, 9.17) is 4.42 Å². The SMILES string of the molecule is O=C(Cc1ccco1)N[C@@H]1CCC[C@@H]1Cn1ccnn1. The average molecular weight is 274 g/mol. The fraction of sp³-hybridized carbons (Fsp3) is 0.500. The number of carbonyl (C=O) groups is 1. The van der Waals surface area contributed by atoms with Crippen molar-refractivity contribution in [2.45, 2.75) is 38.3 Å². The van der Waals surface area contributed by atoms with Crippen molar-refractivity contribution in [3.05, 3.63) is 36.5 Å². The van der Waals surface area contributed by atoms with Gasteiger partial charge in [-0.2, -0.15) is 0 Å². The van der Waals surface area contributed by atoms with Crippen LogP contribution in [-0.2, 0) is 17.8 Å². The minimum absolute atomic E-state index is 0.0236. The predicted molar refractivity (Wildman–Crippen MR) is 71.7 cm³/mol. The maximum atomic E-state index is 12.0. The Morgan fingerprint density at radius 2 is 2.45 bits per heavy atom. The highest BCUT2D eigenvalue weighted by molar-refractivity contribution is 5.78. The van der Waals surface area contributed by atoms with Crippen molar-refractivity contribution in [1.29, 1.82) is 0 Å². The summed E-state index contributed by atoms with van der Waals surface area (Å²) >= 11 is 0. The molecule has 0 aliphatic heterocycles. The highest BCUT2D eigenvalue weighted by Crippen LogP contribution is 2.27. The largest absolute Gasteiger partial charge is 0.469 e. The number of hydrogen-bond acceptors (Lipinski definition) is 4. The Morgan fingerprint density at radius 3 is 3.20 bits per heavy atom. The van der Waals surface area contributed by atoms with E-state index < -0.39 is 0 Å². The lowest BCUT2D eigenvalue weighted by atomic mass is 10.0. The molecule has 0 saturated heterocycles. The molecule has 6 nitrogen and oxygen atoms in total. The number of carbonyl (C=O) groups excluding carboxylic acids is 1. The van der Waals surface area contributed by atoms with Gasteiger partial charge in [0.25, 0.3) is 0 Å². The van der Waals surface area contributed by atoms with Crippen molar-refractivity contribution in [3.63, 3.8) is 0 Å². The van der Waals surface area contributed by atoms with E-state index >= 15 is 0 Å². The standard InChI is InChI=1S/C14H18N4O2/c19-14(9-12-4-2-8-20-12)16-13-5-1-3-11(13)10-18-7-6-15-17-18/h2,4,6-8,11,13H,1,3,5,9-10H2,(H,16,19)/t11-,13-/m1/s1. The Hall–Kier alpha value is -2.11. The zero-order valence-electron chi connectivity index (χ0n) is 11.2. The van der Waals surface area contributed by atoms with Crippen molar-refractivity contribution in [2.75, 3.05) is 0 Å². The number of furan rings is 1. The first-order valence-corrected chi connectivity index (χ1v) is 6.97. The molecule has 2 aromatic heterocycles. The lowest BCUT2D eigenvalue weighted by Gasteiger charge is -2.20. The van der Waals surface area contributed by atoms with Crippen LogP contribution in [0.25, 0.3) is 0 Å². The number of aromatic nitrogens is 3. The van der Waals surface area contributed by atoms with Gasteiger partial charge in [0.2, 0.25) is 5.91 Å². The first kappa shape index (κ1) is 12.9. The van der Waals surface area contributed by atoms with E-state index in [9.17, 15) is 4.79 Å². The minimum atomic E-state index is 0.0236. The molecule has 1 fully saturated rings. The van der Waals surface area contributed by atoms with Gasteiger partial charge in [0.15, 0.2) is 0 Å². The Kier molecular flexibility index (Phi) is 3.80. The molecule has 0 unspecified atom stereocenters. The van der Waals surface area contributed by atoms with Crippen LogP contribution in [0.5, 0.6) is 0 Å². The molecule has 3 rings (SSSR count). The van der Waals surface area contributed by atoms with Gasteiger partial charge in [-0.1, -0.05) is 11.6 Å². The van der Waals surface area contributed by atoms with Crippen LogP contribution in [0.2, 0.25) is 0 Å². The number of nitrogens with zero attached hydrogens (tertiary/aromatic N) is 3. The number of amides is 1. The fourth-order valence-electron chi connectivity index (χ4n) is 2.84. The van der Waals surface area contributed by atoms with Crippen molar-refractivity contribution >= 4 is 5.91 Å².